The molecular weight excluding hydrogens is 436 g/mol. The molecule has 0 saturated carbocycles. The van der Waals surface area contributed by atoms with Crippen LogP contribution in [0.2, 0.25) is 5.02 Å². The lowest BCUT2D eigenvalue weighted by Crippen LogP contribution is -2.31. The van der Waals surface area contributed by atoms with E-state index in [0.29, 0.717) is 34.0 Å². The number of hydrogen-bond acceptors (Lipinski definition) is 6. The van der Waals surface area contributed by atoms with Gasteiger partial charge < -0.3 is 4.74 Å². The summed E-state index contributed by atoms with van der Waals surface area (Å²) in [5.41, 5.74) is 2.28. The highest BCUT2D eigenvalue weighted by Gasteiger charge is 2.35. The molecule has 152 valence electrons. The maximum Gasteiger partial charge on any atom is 0.417 e. The number of halogens is 5. The van der Waals surface area contributed by atoms with Crippen molar-refractivity contribution in [3.8, 4) is 5.75 Å². The Morgan fingerprint density at radius 1 is 1.14 bits per heavy atom. The van der Waals surface area contributed by atoms with E-state index in [1.807, 2.05) is 5.43 Å². The molecule has 12 heteroatoms. The number of carbonyl (C=O) groups is 1. The van der Waals surface area contributed by atoms with E-state index in [9.17, 15) is 22.4 Å². The van der Waals surface area contributed by atoms with Gasteiger partial charge in [0, 0.05) is 5.02 Å². The van der Waals surface area contributed by atoms with E-state index in [0.717, 1.165) is 11.3 Å². The van der Waals surface area contributed by atoms with Gasteiger partial charge in [-0.2, -0.15) is 13.2 Å². The second kappa shape index (κ2) is 8.62. The van der Waals surface area contributed by atoms with Crippen molar-refractivity contribution in [1.82, 2.24) is 15.6 Å². The third-order valence-corrected chi connectivity index (χ3v) is 4.52. The normalized spacial score (nSPS) is 11.2. The quantitative estimate of drug-likeness (QED) is 0.424. The van der Waals surface area contributed by atoms with Gasteiger partial charge in [0.15, 0.2) is 5.01 Å². The molecule has 3 rings (SSSR count). The van der Waals surface area contributed by atoms with E-state index < -0.39 is 29.0 Å². The number of rotatable bonds is 6. The summed E-state index contributed by atoms with van der Waals surface area (Å²) in [5, 5.41) is 8.69. The fourth-order valence-corrected chi connectivity index (χ4v) is 2.90. The van der Waals surface area contributed by atoms with E-state index in [-0.39, 0.29) is 11.7 Å². The summed E-state index contributed by atoms with van der Waals surface area (Å²) < 4.78 is 57.8. The van der Waals surface area contributed by atoms with Crippen LogP contribution in [0, 0.1) is 5.82 Å². The summed E-state index contributed by atoms with van der Waals surface area (Å²) >= 11 is 6.79. The van der Waals surface area contributed by atoms with Gasteiger partial charge in [0.05, 0.1) is 11.1 Å². The Balaban J connectivity index is 1.60. The number of nitrogens with one attached hydrogen (secondary N) is 2. The van der Waals surface area contributed by atoms with Crippen LogP contribution < -0.4 is 15.6 Å². The third-order valence-electron chi connectivity index (χ3n) is 3.46. The Morgan fingerprint density at radius 2 is 1.86 bits per heavy atom. The van der Waals surface area contributed by atoms with Gasteiger partial charge in [-0.05, 0) is 42.5 Å². The fourth-order valence-electron chi connectivity index (χ4n) is 2.17. The summed E-state index contributed by atoms with van der Waals surface area (Å²) in [6, 6.07) is 8.28. The van der Waals surface area contributed by atoms with Crippen LogP contribution in [0.5, 0.6) is 5.75 Å². The molecule has 0 aliphatic carbocycles. The maximum atomic E-state index is 13.3. The molecule has 0 fully saturated rings. The minimum absolute atomic E-state index is 0.0804. The number of nitrogens with zero attached hydrogens (tertiary/aromatic N) is 2. The Hall–Kier alpha value is -2.92. The van der Waals surface area contributed by atoms with Gasteiger partial charge >= 0.3 is 6.18 Å². The van der Waals surface area contributed by atoms with E-state index in [2.05, 4.69) is 15.6 Å². The minimum Gasteiger partial charge on any atom is -0.486 e. The van der Waals surface area contributed by atoms with Crippen LogP contribution in [-0.2, 0) is 12.8 Å². The number of hydrazine groups is 1. The smallest absolute Gasteiger partial charge is 0.417 e. The lowest BCUT2D eigenvalue weighted by Gasteiger charge is -2.12. The van der Waals surface area contributed by atoms with Crippen molar-refractivity contribution in [2.45, 2.75) is 12.8 Å². The van der Waals surface area contributed by atoms with Gasteiger partial charge in [-0.15, -0.1) is 10.2 Å². The predicted octanol–water partition coefficient (Wildman–Crippen LogP) is 4.69. The van der Waals surface area contributed by atoms with Crippen LogP contribution in [0.3, 0.4) is 0 Å². The number of alkyl halides is 3. The fraction of sp³-hybridized carbons (Fsp3) is 0.118. The van der Waals surface area contributed by atoms with Gasteiger partial charge in [-0.1, -0.05) is 22.9 Å². The first-order valence-electron chi connectivity index (χ1n) is 7.86. The van der Waals surface area contributed by atoms with E-state index in [4.69, 9.17) is 16.3 Å². The van der Waals surface area contributed by atoms with Crippen molar-refractivity contribution >= 4 is 34.0 Å². The number of ether oxygens (including phenoxy) is 1. The number of hydrogen-bond donors (Lipinski definition) is 2. The van der Waals surface area contributed by atoms with Gasteiger partial charge in [0.1, 0.15) is 18.2 Å². The first-order chi connectivity index (χ1) is 13.7. The van der Waals surface area contributed by atoms with Gasteiger partial charge in [-0.3, -0.25) is 15.6 Å². The molecule has 3 aromatic rings. The van der Waals surface area contributed by atoms with E-state index >= 15 is 0 Å². The number of benzene rings is 2. The summed E-state index contributed by atoms with van der Waals surface area (Å²) in [7, 11) is 0. The highest BCUT2D eigenvalue weighted by molar-refractivity contribution is 7.15. The van der Waals surface area contributed by atoms with Crippen LogP contribution in [0.25, 0.3) is 0 Å². The van der Waals surface area contributed by atoms with E-state index in [1.54, 1.807) is 24.3 Å². The van der Waals surface area contributed by atoms with Gasteiger partial charge in [0.2, 0.25) is 5.13 Å². The molecule has 0 aliphatic heterocycles. The molecule has 0 saturated heterocycles. The van der Waals surface area contributed by atoms with Crippen LogP contribution in [-0.4, -0.2) is 16.1 Å². The second-order valence-electron chi connectivity index (χ2n) is 5.51. The van der Waals surface area contributed by atoms with Gasteiger partial charge in [0.25, 0.3) is 5.91 Å². The molecule has 0 aliphatic rings. The van der Waals surface area contributed by atoms with Crippen molar-refractivity contribution in [1.29, 1.82) is 0 Å². The van der Waals surface area contributed by atoms with Crippen LogP contribution in [0.1, 0.15) is 20.9 Å². The Kier molecular flexibility index (Phi) is 6.18. The molecule has 6 nitrogen and oxygen atoms in total. The number of amides is 1. The molecule has 2 N–H and O–H groups in total. The van der Waals surface area contributed by atoms with Crippen LogP contribution in [0.4, 0.5) is 22.7 Å². The highest BCUT2D eigenvalue weighted by Crippen LogP contribution is 2.32. The molecule has 1 heterocycles. The first-order valence-corrected chi connectivity index (χ1v) is 9.05. The summed E-state index contributed by atoms with van der Waals surface area (Å²) in [4.78, 5) is 12.1. The second-order valence-corrected chi connectivity index (χ2v) is 7.01. The zero-order valence-electron chi connectivity index (χ0n) is 14.3. The van der Waals surface area contributed by atoms with Crippen molar-refractivity contribution in [3.63, 3.8) is 0 Å². The average molecular weight is 447 g/mol. The molecule has 2 aromatic carbocycles. The highest BCUT2D eigenvalue weighted by atomic mass is 35.5. The van der Waals surface area contributed by atoms with Crippen molar-refractivity contribution in [2.24, 2.45) is 0 Å². The molecule has 0 bridgehead atoms. The third kappa shape index (κ3) is 5.55. The first kappa shape index (κ1) is 20.8. The zero-order chi connectivity index (χ0) is 21.0. The number of aromatic nitrogens is 2. The van der Waals surface area contributed by atoms with Gasteiger partial charge in [-0.25, -0.2) is 4.39 Å². The van der Waals surface area contributed by atoms with Crippen molar-refractivity contribution in [2.75, 3.05) is 5.43 Å². The molecule has 1 aromatic heterocycles. The van der Waals surface area contributed by atoms with Crippen molar-refractivity contribution < 1.29 is 27.1 Å². The minimum atomic E-state index is -4.81. The molecule has 1 amide bonds. The lowest BCUT2D eigenvalue weighted by atomic mass is 10.1. The molecule has 0 radical (unpaired) electrons. The standard InChI is InChI=1S/C17H11ClF4N4O2S/c18-9-1-4-11(5-2-9)28-8-14-23-25-16(29-14)26-24-15(27)12-7-10(19)3-6-13(12)17(20,21)22/h1-7H,8H2,(H,24,27)(H,25,26). The molecule has 0 atom stereocenters. The molecular formula is C17H11ClF4N4O2S. The molecule has 29 heavy (non-hydrogen) atoms. The van der Waals surface area contributed by atoms with Crippen LogP contribution >= 0.6 is 22.9 Å². The Morgan fingerprint density at radius 3 is 2.55 bits per heavy atom. The topological polar surface area (TPSA) is 76.1 Å². The zero-order valence-corrected chi connectivity index (χ0v) is 15.8. The Labute approximate surface area is 170 Å². The van der Waals surface area contributed by atoms with E-state index in [1.165, 1.54) is 0 Å². The SMILES string of the molecule is O=C(NNc1nnc(COc2ccc(Cl)cc2)s1)c1cc(F)ccc1C(F)(F)F. The monoisotopic (exact) mass is 446 g/mol. The molecule has 0 unspecified atom stereocenters. The largest absolute Gasteiger partial charge is 0.486 e. The number of carbonyl (C=O) groups excluding carboxylic acids is 1. The van der Waals surface area contributed by atoms with Crippen molar-refractivity contribution in [3.05, 3.63) is 69.4 Å². The summed E-state index contributed by atoms with van der Waals surface area (Å²) in [6.45, 7) is 0.0804. The maximum absolute atomic E-state index is 13.3. The number of anilines is 1. The summed E-state index contributed by atoms with van der Waals surface area (Å²) in [6.07, 6.45) is -4.81. The summed E-state index contributed by atoms with van der Waals surface area (Å²) in [5.74, 6) is -1.59. The van der Waals surface area contributed by atoms with Crippen LogP contribution in [0.15, 0.2) is 42.5 Å². The Bertz CT molecular complexity index is 1010. The predicted molar refractivity (Wildman–Crippen MR) is 98.2 cm³/mol. The lowest BCUT2D eigenvalue weighted by molar-refractivity contribution is -0.138. The average Bonchev–Trinajstić information content (AvgIpc) is 3.12. The molecule has 0 spiro atoms.